The molecule has 10 aromatic rings. The summed E-state index contributed by atoms with van der Waals surface area (Å²) in [5.74, 6) is 0.627. The van der Waals surface area contributed by atoms with Crippen molar-refractivity contribution < 1.29 is 8.83 Å². The van der Waals surface area contributed by atoms with E-state index in [2.05, 4.69) is 72.8 Å². The molecule has 0 amide bonds. The number of nitrogens with zero attached hydrogens (tertiary/aromatic N) is 3. The Bertz CT molecular complexity index is 2890. The summed E-state index contributed by atoms with van der Waals surface area (Å²) in [7, 11) is 0. The third-order valence-corrected chi connectivity index (χ3v) is 9.72. The van der Waals surface area contributed by atoms with Gasteiger partial charge in [0.15, 0.2) is 5.82 Å². The highest BCUT2D eigenvalue weighted by atomic mass is 16.3. The summed E-state index contributed by atoms with van der Waals surface area (Å²) in [4.78, 5) is 10.2. The minimum absolute atomic E-state index is 0.600. The molecule has 0 saturated carbocycles. The molecule has 5 heteroatoms. The lowest BCUT2D eigenvalue weighted by molar-refractivity contribution is 0.668. The third-order valence-electron chi connectivity index (χ3n) is 9.72. The van der Waals surface area contributed by atoms with Gasteiger partial charge in [-0.25, -0.2) is 9.97 Å². The van der Waals surface area contributed by atoms with E-state index in [0.29, 0.717) is 11.4 Å². The molecular weight excluding hydrogens is 639 g/mol. The SMILES string of the molecule is N#Cc1ccc(-c2cc(-c3cc(-c4ccc5oc6ccccc6c5c4)cc(-c4ccc5oc6ccccc6c5c4)c3)nc(-c3ccccc3)n2)cc1. The first-order valence-corrected chi connectivity index (χ1v) is 17.1. The van der Waals surface area contributed by atoms with Crippen molar-refractivity contribution in [3.63, 3.8) is 0 Å². The first-order chi connectivity index (χ1) is 25.7. The highest BCUT2D eigenvalue weighted by Gasteiger charge is 2.16. The van der Waals surface area contributed by atoms with Crippen LogP contribution in [0.5, 0.6) is 0 Å². The van der Waals surface area contributed by atoms with Crippen LogP contribution in [-0.4, -0.2) is 9.97 Å². The van der Waals surface area contributed by atoms with Crippen molar-refractivity contribution in [2.45, 2.75) is 0 Å². The van der Waals surface area contributed by atoms with Crippen LogP contribution in [0.2, 0.25) is 0 Å². The molecule has 0 N–H and O–H groups in total. The normalized spacial score (nSPS) is 11.4. The number of hydrogen-bond donors (Lipinski definition) is 0. The minimum atomic E-state index is 0.600. The maximum absolute atomic E-state index is 9.43. The van der Waals surface area contributed by atoms with Gasteiger partial charge in [-0.05, 0) is 95.1 Å². The summed E-state index contributed by atoms with van der Waals surface area (Å²) in [6.45, 7) is 0. The number of rotatable bonds is 5. The highest BCUT2D eigenvalue weighted by molar-refractivity contribution is 6.07. The van der Waals surface area contributed by atoms with Crippen molar-refractivity contribution in [2.75, 3.05) is 0 Å². The largest absolute Gasteiger partial charge is 0.456 e. The molecule has 0 unspecified atom stereocenters. The second kappa shape index (κ2) is 11.9. The van der Waals surface area contributed by atoms with Crippen LogP contribution in [0, 0.1) is 11.3 Å². The second-order valence-electron chi connectivity index (χ2n) is 12.9. The van der Waals surface area contributed by atoms with E-state index >= 15 is 0 Å². The van der Waals surface area contributed by atoms with Gasteiger partial charge in [0.1, 0.15) is 22.3 Å². The molecule has 0 bridgehead atoms. The lowest BCUT2D eigenvalue weighted by Crippen LogP contribution is -1.96. The van der Waals surface area contributed by atoms with E-state index in [9.17, 15) is 5.26 Å². The Morgan fingerprint density at radius 1 is 0.365 bits per heavy atom. The van der Waals surface area contributed by atoms with Gasteiger partial charge in [-0.15, -0.1) is 0 Å². The Morgan fingerprint density at radius 2 is 0.846 bits per heavy atom. The van der Waals surface area contributed by atoms with Gasteiger partial charge >= 0.3 is 0 Å². The van der Waals surface area contributed by atoms with Crippen molar-refractivity contribution in [1.82, 2.24) is 9.97 Å². The second-order valence-corrected chi connectivity index (χ2v) is 12.9. The number of benzene rings is 7. The fraction of sp³-hybridized carbons (Fsp3) is 0. The zero-order chi connectivity index (χ0) is 34.6. The maximum Gasteiger partial charge on any atom is 0.160 e. The van der Waals surface area contributed by atoms with Gasteiger partial charge in [0.05, 0.1) is 23.0 Å². The average Bonchev–Trinajstić information content (AvgIpc) is 3.78. The van der Waals surface area contributed by atoms with Crippen LogP contribution in [-0.2, 0) is 0 Å². The Hall–Kier alpha value is -7.29. The van der Waals surface area contributed by atoms with Crippen LogP contribution in [0.1, 0.15) is 5.56 Å². The van der Waals surface area contributed by atoms with E-state index in [4.69, 9.17) is 18.8 Å². The van der Waals surface area contributed by atoms with Crippen LogP contribution in [0.4, 0.5) is 0 Å². The number of hydrogen-bond acceptors (Lipinski definition) is 5. The molecule has 0 spiro atoms. The fourth-order valence-electron chi connectivity index (χ4n) is 7.09. The summed E-state index contributed by atoms with van der Waals surface area (Å²) in [5, 5.41) is 13.8. The molecule has 5 nitrogen and oxygen atoms in total. The molecule has 10 rings (SSSR count). The van der Waals surface area contributed by atoms with Gasteiger partial charge in [0.2, 0.25) is 0 Å². The molecule has 3 aromatic heterocycles. The van der Waals surface area contributed by atoms with Crippen LogP contribution >= 0.6 is 0 Å². The average molecular weight is 666 g/mol. The van der Waals surface area contributed by atoms with Gasteiger partial charge in [-0.1, -0.05) is 91.0 Å². The van der Waals surface area contributed by atoms with E-state index in [-0.39, 0.29) is 0 Å². The smallest absolute Gasteiger partial charge is 0.160 e. The van der Waals surface area contributed by atoms with Crippen molar-refractivity contribution >= 4 is 43.9 Å². The summed E-state index contributed by atoms with van der Waals surface area (Å²) in [6.07, 6.45) is 0. The van der Waals surface area contributed by atoms with E-state index in [0.717, 1.165) is 94.2 Å². The predicted molar refractivity (Wildman–Crippen MR) is 208 cm³/mol. The van der Waals surface area contributed by atoms with Crippen LogP contribution in [0.3, 0.4) is 0 Å². The first kappa shape index (κ1) is 29.6. The van der Waals surface area contributed by atoms with Crippen molar-refractivity contribution in [1.29, 1.82) is 5.26 Å². The van der Waals surface area contributed by atoms with Gasteiger partial charge in [0.25, 0.3) is 0 Å². The Labute approximate surface area is 298 Å². The van der Waals surface area contributed by atoms with Crippen LogP contribution in [0.15, 0.2) is 173 Å². The predicted octanol–water partition coefficient (Wildman–Crippen LogP) is 12.5. The standard InChI is InChI=1S/C47H27N3O2/c48-28-29-14-16-30(17-15-29)41-27-42(50-47(49-41)31-8-2-1-3-9-31)36-23-34(32-18-20-45-39(25-32)37-10-4-6-12-43(37)51-45)22-35(24-36)33-19-21-46-40(26-33)38-11-5-7-13-44(38)52-46/h1-27H. The summed E-state index contributed by atoms with van der Waals surface area (Å²) in [6, 6.07) is 57.6. The number of furan rings is 2. The molecule has 0 fully saturated rings. The molecular formula is C47H27N3O2. The number of fused-ring (bicyclic) bond motifs is 6. The molecule has 0 saturated heterocycles. The molecule has 0 aliphatic carbocycles. The molecule has 242 valence electrons. The summed E-state index contributed by atoms with van der Waals surface area (Å²) in [5.41, 5.74) is 12.7. The Balaban J connectivity index is 1.21. The molecule has 0 atom stereocenters. The highest BCUT2D eigenvalue weighted by Crippen LogP contribution is 2.39. The van der Waals surface area contributed by atoms with Gasteiger partial charge in [0, 0.05) is 38.2 Å². The number of nitriles is 1. The summed E-state index contributed by atoms with van der Waals surface area (Å²) < 4.78 is 12.4. The zero-order valence-corrected chi connectivity index (χ0v) is 27.7. The maximum atomic E-state index is 9.43. The molecule has 0 aliphatic heterocycles. The van der Waals surface area contributed by atoms with Gasteiger partial charge in [-0.2, -0.15) is 5.26 Å². The molecule has 52 heavy (non-hydrogen) atoms. The van der Waals surface area contributed by atoms with Crippen LogP contribution in [0.25, 0.3) is 100 Å². The van der Waals surface area contributed by atoms with E-state index in [1.54, 1.807) is 0 Å². The number of para-hydroxylation sites is 2. The Morgan fingerprint density at radius 3 is 1.42 bits per heavy atom. The fourth-order valence-corrected chi connectivity index (χ4v) is 7.09. The minimum Gasteiger partial charge on any atom is -0.456 e. The van der Waals surface area contributed by atoms with Gasteiger partial charge < -0.3 is 8.83 Å². The van der Waals surface area contributed by atoms with Gasteiger partial charge in [-0.3, -0.25) is 0 Å². The zero-order valence-electron chi connectivity index (χ0n) is 27.7. The Kier molecular flexibility index (Phi) is 6.80. The van der Waals surface area contributed by atoms with Crippen LogP contribution < -0.4 is 0 Å². The topological polar surface area (TPSA) is 75.8 Å². The van der Waals surface area contributed by atoms with Crippen molar-refractivity contribution in [3.8, 4) is 62.2 Å². The molecule has 0 aliphatic rings. The van der Waals surface area contributed by atoms with E-state index in [1.165, 1.54) is 0 Å². The van der Waals surface area contributed by atoms with Crippen molar-refractivity contribution in [3.05, 3.63) is 169 Å². The van der Waals surface area contributed by atoms with E-state index in [1.807, 2.05) is 97.1 Å². The number of aromatic nitrogens is 2. The molecule has 7 aromatic carbocycles. The first-order valence-electron chi connectivity index (χ1n) is 17.1. The molecule has 3 heterocycles. The third kappa shape index (κ3) is 5.10. The quantitative estimate of drug-likeness (QED) is 0.183. The monoisotopic (exact) mass is 665 g/mol. The lowest BCUT2D eigenvalue weighted by Gasteiger charge is -2.13. The van der Waals surface area contributed by atoms with Crippen molar-refractivity contribution in [2.24, 2.45) is 0 Å². The molecule has 0 radical (unpaired) electrons. The lowest BCUT2D eigenvalue weighted by atomic mass is 9.93. The van der Waals surface area contributed by atoms with E-state index < -0.39 is 0 Å². The summed E-state index contributed by atoms with van der Waals surface area (Å²) >= 11 is 0.